The smallest absolute Gasteiger partial charge is 0.143 e. The molecular weight excluding hydrogens is 150 g/mol. The van der Waals surface area contributed by atoms with Crippen LogP contribution in [0.2, 0.25) is 0 Å². The number of thiol groups is 1. The van der Waals surface area contributed by atoms with Crippen molar-refractivity contribution in [3.8, 4) is 0 Å². The Bertz CT molecular complexity index is 171. The van der Waals surface area contributed by atoms with Gasteiger partial charge in [0.15, 0.2) is 0 Å². The Kier molecular flexibility index (Phi) is 2.68. The van der Waals surface area contributed by atoms with Crippen molar-refractivity contribution < 1.29 is 8.42 Å². The van der Waals surface area contributed by atoms with E-state index in [0.29, 0.717) is 6.42 Å². The molecule has 2 unspecified atom stereocenters. The minimum atomic E-state index is -2.23. The van der Waals surface area contributed by atoms with Crippen molar-refractivity contribution in [1.29, 1.82) is 0 Å². The van der Waals surface area contributed by atoms with Crippen molar-refractivity contribution in [3.63, 3.8) is 0 Å². The zero-order chi connectivity index (χ0) is 7.56. The Morgan fingerprint density at radius 1 is 1.30 bits per heavy atom. The molecule has 0 spiro atoms. The molecule has 2 N–H and O–H groups in total. The Hall–Kier alpha value is -0.0900. The van der Waals surface area contributed by atoms with E-state index in [4.69, 9.17) is 5.73 Å². The van der Waals surface area contributed by atoms with Crippen LogP contribution in [-0.2, 0) is 10.7 Å². The largest absolute Gasteiger partial charge is 0.328 e. The van der Waals surface area contributed by atoms with Gasteiger partial charge < -0.3 is 5.73 Å². The van der Waals surface area contributed by atoms with E-state index >= 15 is 0 Å². The Balaban J connectivity index is 2.47. The van der Waals surface area contributed by atoms with Gasteiger partial charge in [0.1, 0.15) is 10.7 Å². The molecule has 1 aliphatic rings. The molecule has 1 saturated carbocycles. The molecule has 3 nitrogen and oxygen atoms in total. The maximum Gasteiger partial charge on any atom is 0.143 e. The standard InChI is InChI=1S/C6H13NO2S/c7-5-2-1-3-6(4-5)10(8)9/h5-6,10H,1-4,7H2. The summed E-state index contributed by atoms with van der Waals surface area (Å²) in [5.41, 5.74) is 5.60. The highest BCUT2D eigenvalue weighted by molar-refractivity contribution is 7.73. The molecule has 2 atom stereocenters. The van der Waals surface area contributed by atoms with E-state index < -0.39 is 10.7 Å². The molecule has 0 amide bonds. The normalized spacial score (nSPS) is 34.6. The van der Waals surface area contributed by atoms with Crippen LogP contribution in [0.3, 0.4) is 0 Å². The van der Waals surface area contributed by atoms with Crippen LogP contribution in [0.1, 0.15) is 25.7 Å². The summed E-state index contributed by atoms with van der Waals surface area (Å²) >= 11 is 0. The van der Waals surface area contributed by atoms with Gasteiger partial charge in [0, 0.05) is 6.04 Å². The lowest BCUT2D eigenvalue weighted by Gasteiger charge is -2.21. The third kappa shape index (κ3) is 1.95. The predicted octanol–water partition coefficient (Wildman–Crippen LogP) is -0.132. The highest BCUT2D eigenvalue weighted by atomic mass is 32.2. The van der Waals surface area contributed by atoms with Crippen LogP contribution in [0.25, 0.3) is 0 Å². The molecular formula is C6H13NO2S. The van der Waals surface area contributed by atoms with E-state index in [2.05, 4.69) is 0 Å². The minimum Gasteiger partial charge on any atom is -0.328 e. The average molecular weight is 163 g/mol. The first-order chi connectivity index (χ1) is 4.70. The van der Waals surface area contributed by atoms with Crippen molar-refractivity contribution in [2.24, 2.45) is 5.73 Å². The van der Waals surface area contributed by atoms with Gasteiger partial charge in [-0.2, -0.15) is 0 Å². The van der Waals surface area contributed by atoms with E-state index in [1.165, 1.54) is 0 Å². The van der Waals surface area contributed by atoms with Crippen molar-refractivity contribution in [2.45, 2.75) is 37.0 Å². The Morgan fingerprint density at radius 2 is 2.00 bits per heavy atom. The zero-order valence-corrected chi connectivity index (χ0v) is 6.72. The van der Waals surface area contributed by atoms with E-state index in [0.717, 1.165) is 19.3 Å². The van der Waals surface area contributed by atoms with Crippen LogP contribution in [0.4, 0.5) is 0 Å². The fraction of sp³-hybridized carbons (Fsp3) is 1.00. The molecule has 60 valence electrons. The monoisotopic (exact) mass is 163 g/mol. The van der Waals surface area contributed by atoms with Gasteiger partial charge in [-0.15, -0.1) is 0 Å². The summed E-state index contributed by atoms with van der Waals surface area (Å²) < 4.78 is 21.0. The van der Waals surface area contributed by atoms with Gasteiger partial charge in [0.2, 0.25) is 0 Å². The molecule has 0 aromatic carbocycles. The molecule has 0 saturated heterocycles. The molecule has 0 radical (unpaired) electrons. The fourth-order valence-corrected chi connectivity index (χ4v) is 2.23. The predicted molar refractivity (Wildman–Crippen MR) is 40.5 cm³/mol. The second kappa shape index (κ2) is 3.34. The van der Waals surface area contributed by atoms with Gasteiger partial charge in [-0.25, -0.2) is 8.42 Å². The van der Waals surface area contributed by atoms with Gasteiger partial charge in [-0.05, 0) is 19.3 Å². The first-order valence-corrected chi connectivity index (χ1v) is 4.84. The van der Waals surface area contributed by atoms with E-state index in [1.54, 1.807) is 0 Å². The lowest BCUT2D eigenvalue weighted by atomic mass is 9.96. The van der Waals surface area contributed by atoms with Gasteiger partial charge in [0.25, 0.3) is 0 Å². The SMILES string of the molecule is NC1CCCC([SH](=O)=O)C1. The lowest BCUT2D eigenvalue weighted by molar-refractivity contribution is 0.438. The van der Waals surface area contributed by atoms with Crippen LogP contribution in [-0.4, -0.2) is 19.7 Å². The second-order valence-corrected chi connectivity index (χ2v) is 4.17. The van der Waals surface area contributed by atoms with Crippen LogP contribution < -0.4 is 5.73 Å². The molecule has 0 aromatic rings. The third-order valence-corrected chi connectivity index (χ3v) is 3.05. The van der Waals surface area contributed by atoms with Crippen LogP contribution in [0.15, 0.2) is 0 Å². The summed E-state index contributed by atoms with van der Waals surface area (Å²) in [6, 6.07) is 0.117. The Morgan fingerprint density at radius 3 is 2.40 bits per heavy atom. The molecule has 0 aromatic heterocycles. The van der Waals surface area contributed by atoms with Crippen LogP contribution in [0, 0.1) is 0 Å². The van der Waals surface area contributed by atoms with Gasteiger partial charge in [-0.3, -0.25) is 0 Å². The molecule has 1 aliphatic carbocycles. The van der Waals surface area contributed by atoms with Gasteiger partial charge in [0.05, 0.1) is 5.25 Å². The summed E-state index contributed by atoms with van der Waals surface area (Å²) in [5.74, 6) is 0. The van der Waals surface area contributed by atoms with Crippen molar-refractivity contribution in [1.82, 2.24) is 0 Å². The van der Waals surface area contributed by atoms with E-state index in [-0.39, 0.29) is 11.3 Å². The van der Waals surface area contributed by atoms with Gasteiger partial charge in [-0.1, -0.05) is 6.42 Å². The van der Waals surface area contributed by atoms with Gasteiger partial charge >= 0.3 is 0 Å². The summed E-state index contributed by atoms with van der Waals surface area (Å²) in [7, 11) is -2.23. The Labute approximate surface area is 62.6 Å². The summed E-state index contributed by atoms with van der Waals surface area (Å²) in [4.78, 5) is 0. The molecule has 4 heteroatoms. The summed E-state index contributed by atoms with van der Waals surface area (Å²) in [6.07, 6.45) is 3.43. The maximum atomic E-state index is 10.5. The van der Waals surface area contributed by atoms with E-state index in [9.17, 15) is 8.42 Å². The van der Waals surface area contributed by atoms with Crippen LogP contribution in [0.5, 0.6) is 0 Å². The molecule has 10 heavy (non-hydrogen) atoms. The number of hydrogen-bond donors (Lipinski definition) is 2. The van der Waals surface area contributed by atoms with E-state index in [1.807, 2.05) is 0 Å². The first kappa shape index (κ1) is 8.01. The highest BCUT2D eigenvalue weighted by Gasteiger charge is 2.20. The van der Waals surface area contributed by atoms with Crippen molar-refractivity contribution in [3.05, 3.63) is 0 Å². The average Bonchev–Trinajstić information content (AvgIpc) is 1.88. The molecule has 0 heterocycles. The topological polar surface area (TPSA) is 60.2 Å². The summed E-state index contributed by atoms with van der Waals surface area (Å²) in [6.45, 7) is 0. The second-order valence-electron chi connectivity index (χ2n) is 2.87. The third-order valence-electron chi connectivity index (χ3n) is 1.99. The highest BCUT2D eigenvalue weighted by Crippen LogP contribution is 2.18. The number of nitrogens with two attached hydrogens (primary N) is 1. The molecule has 0 bridgehead atoms. The number of rotatable bonds is 1. The van der Waals surface area contributed by atoms with Crippen LogP contribution >= 0.6 is 0 Å². The minimum absolute atomic E-state index is 0.117. The lowest BCUT2D eigenvalue weighted by Crippen LogP contribution is -2.31. The molecule has 1 fully saturated rings. The summed E-state index contributed by atoms with van der Waals surface area (Å²) in [5, 5.41) is -0.140. The molecule has 1 rings (SSSR count). The molecule has 0 aliphatic heterocycles. The zero-order valence-electron chi connectivity index (χ0n) is 5.82. The van der Waals surface area contributed by atoms with Crippen molar-refractivity contribution >= 4 is 10.7 Å². The van der Waals surface area contributed by atoms with Crippen molar-refractivity contribution in [2.75, 3.05) is 0 Å². The number of hydrogen-bond acceptors (Lipinski definition) is 3. The first-order valence-electron chi connectivity index (χ1n) is 3.59. The quantitative estimate of drug-likeness (QED) is 0.529. The maximum absolute atomic E-state index is 10.5. The fourth-order valence-electron chi connectivity index (χ4n) is 1.39.